The molecule has 0 saturated heterocycles. The van der Waals surface area contributed by atoms with Gasteiger partial charge in [0.2, 0.25) is 0 Å². The molecule has 0 bridgehead atoms. The van der Waals surface area contributed by atoms with Crippen molar-refractivity contribution in [3.63, 3.8) is 0 Å². The van der Waals surface area contributed by atoms with Crippen LogP contribution in [0.1, 0.15) is 24.8 Å². The lowest BCUT2D eigenvalue weighted by molar-refractivity contribution is 0.192. The fourth-order valence-corrected chi connectivity index (χ4v) is 2.56. The molecule has 2 aromatic carbocycles. The van der Waals surface area contributed by atoms with Gasteiger partial charge in [0, 0.05) is 25.6 Å². The van der Waals surface area contributed by atoms with Crippen molar-refractivity contribution in [2.45, 2.75) is 25.8 Å². The van der Waals surface area contributed by atoms with Gasteiger partial charge < -0.3 is 14.8 Å². The molecule has 0 saturated carbocycles. The maximum absolute atomic E-state index is 5.43. The average molecular weight is 287 g/mol. The maximum atomic E-state index is 5.43. The van der Waals surface area contributed by atoms with Crippen LogP contribution < -0.4 is 10.1 Å². The van der Waals surface area contributed by atoms with Crippen molar-refractivity contribution >= 4 is 10.8 Å². The SMILES string of the molecule is COCCCCCNCc1ccc(OC)c2ccccc12. The molecule has 0 aliphatic carbocycles. The molecule has 0 radical (unpaired) electrons. The molecule has 114 valence electrons. The van der Waals surface area contributed by atoms with Gasteiger partial charge in [-0.25, -0.2) is 0 Å². The molecule has 0 spiro atoms. The van der Waals surface area contributed by atoms with Crippen molar-refractivity contribution in [3.05, 3.63) is 42.0 Å². The van der Waals surface area contributed by atoms with Crippen LogP contribution in [-0.2, 0) is 11.3 Å². The molecule has 3 heteroatoms. The van der Waals surface area contributed by atoms with E-state index in [4.69, 9.17) is 9.47 Å². The van der Waals surface area contributed by atoms with E-state index in [1.54, 1.807) is 14.2 Å². The van der Waals surface area contributed by atoms with Crippen LogP contribution in [0.25, 0.3) is 10.8 Å². The summed E-state index contributed by atoms with van der Waals surface area (Å²) in [5, 5.41) is 5.97. The Balaban J connectivity index is 1.90. The molecule has 0 atom stereocenters. The largest absolute Gasteiger partial charge is 0.496 e. The molecule has 0 fully saturated rings. The first-order valence-electron chi connectivity index (χ1n) is 7.61. The number of fused-ring (bicyclic) bond motifs is 1. The third kappa shape index (κ3) is 4.45. The normalized spacial score (nSPS) is 11.0. The molecule has 0 heterocycles. The summed E-state index contributed by atoms with van der Waals surface area (Å²) in [7, 11) is 3.48. The first-order valence-corrected chi connectivity index (χ1v) is 7.61. The molecule has 1 N–H and O–H groups in total. The van der Waals surface area contributed by atoms with Gasteiger partial charge in [-0.05, 0) is 42.8 Å². The number of ether oxygens (including phenoxy) is 2. The standard InChI is InChI=1S/C18H25NO2/c1-20-13-7-3-6-12-19-14-15-10-11-18(21-2)17-9-5-4-8-16(15)17/h4-5,8-11,19H,3,6-7,12-14H2,1-2H3. The molecular formula is C18H25NO2. The molecule has 3 nitrogen and oxygen atoms in total. The number of hydrogen-bond donors (Lipinski definition) is 1. The first-order chi connectivity index (χ1) is 10.4. The Hall–Kier alpha value is -1.58. The van der Waals surface area contributed by atoms with Crippen LogP contribution in [0.5, 0.6) is 5.75 Å². The topological polar surface area (TPSA) is 30.5 Å². The minimum atomic E-state index is 0.864. The Bertz CT molecular complexity index is 554. The minimum Gasteiger partial charge on any atom is -0.496 e. The Labute approximate surface area is 127 Å². The molecule has 0 aliphatic heterocycles. The predicted octanol–water partition coefficient (Wildman–Crippen LogP) is 3.75. The van der Waals surface area contributed by atoms with Crippen LogP contribution in [-0.4, -0.2) is 27.4 Å². The predicted molar refractivity (Wildman–Crippen MR) is 87.9 cm³/mol. The summed E-state index contributed by atoms with van der Waals surface area (Å²) in [4.78, 5) is 0. The number of nitrogens with one attached hydrogen (secondary N) is 1. The smallest absolute Gasteiger partial charge is 0.126 e. The van der Waals surface area contributed by atoms with Gasteiger partial charge in [0.1, 0.15) is 5.75 Å². The lowest BCUT2D eigenvalue weighted by Crippen LogP contribution is -2.15. The van der Waals surface area contributed by atoms with Gasteiger partial charge in [0.15, 0.2) is 0 Å². The lowest BCUT2D eigenvalue weighted by Gasteiger charge is -2.11. The third-order valence-electron chi connectivity index (χ3n) is 3.71. The van der Waals surface area contributed by atoms with Crippen molar-refractivity contribution in [2.75, 3.05) is 27.4 Å². The van der Waals surface area contributed by atoms with Crippen LogP contribution in [0.2, 0.25) is 0 Å². The number of methoxy groups -OCH3 is 2. The van der Waals surface area contributed by atoms with Crippen LogP contribution in [0.3, 0.4) is 0 Å². The highest BCUT2D eigenvalue weighted by Crippen LogP contribution is 2.28. The molecule has 21 heavy (non-hydrogen) atoms. The summed E-state index contributed by atoms with van der Waals surface area (Å²) in [6.45, 7) is 2.81. The highest BCUT2D eigenvalue weighted by molar-refractivity contribution is 5.91. The zero-order chi connectivity index (χ0) is 14.9. The van der Waals surface area contributed by atoms with Crippen molar-refractivity contribution in [1.82, 2.24) is 5.32 Å². The second kappa shape index (κ2) is 8.65. The number of hydrogen-bond acceptors (Lipinski definition) is 3. The summed E-state index contributed by atoms with van der Waals surface area (Å²) in [6.07, 6.45) is 3.55. The van der Waals surface area contributed by atoms with Gasteiger partial charge >= 0.3 is 0 Å². The van der Waals surface area contributed by atoms with E-state index in [9.17, 15) is 0 Å². The van der Waals surface area contributed by atoms with Crippen molar-refractivity contribution in [2.24, 2.45) is 0 Å². The molecule has 0 aromatic heterocycles. The Kier molecular flexibility index (Phi) is 6.51. The van der Waals surface area contributed by atoms with Crippen LogP contribution in [0, 0.1) is 0 Å². The Morgan fingerprint density at radius 2 is 1.71 bits per heavy atom. The molecule has 2 rings (SSSR count). The van der Waals surface area contributed by atoms with E-state index >= 15 is 0 Å². The maximum Gasteiger partial charge on any atom is 0.126 e. The van der Waals surface area contributed by atoms with Crippen molar-refractivity contribution in [3.8, 4) is 5.75 Å². The summed E-state index contributed by atoms with van der Waals surface area (Å²) in [5.41, 5.74) is 1.32. The fourth-order valence-electron chi connectivity index (χ4n) is 2.56. The van der Waals surface area contributed by atoms with Gasteiger partial charge in [0.05, 0.1) is 7.11 Å². The number of benzene rings is 2. The van der Waals surface area contributed by atoms with Crippen LogP contribution in [0.15, 0.2) is 36.4 Å². The third-order valence-corrected chi connectivity index (χ3v) is 3.71. The Morgan fingerprint density at radius 3 is 2.48 bits per heavy atom. The van der Waals surface area contributed by atoms with Crippen LogP contribution in [0.4, 0.5) is 0 Å². The van der Waals surface area contributed by atoms with E-state index in [1.807, 2.05) is 0 Å². The molecule has 0 amide bonds. The van der Waals surface area contributed by atoms with E-state index < -0.39 is 0 Å². The second-order valence-electron chi connectivity index (χ2n) is 5.20. The summed E-state index contributed by atoms with van der Waals surface area (Å²) in [5.74, 6) is 0.939. The van der Waals surface area contributed by atoms with E-state index in [0.717, 1.165) is 31.9 Å². The summed E-state index contributed by atoms with van der Waals surface area (Å²) in [6, 6.07) is 12.6. The molecule has 2 aromatic rings. The number of unbranched alkanes of at least 4 members (excludes halogenated alkanes) is 2. The summed E-state index contributed by atoms with van der Waals surface area (Å²) < 4.78 is 10.5. The molecular weight excluding hydrogens is 262 g/mol. The Morgan fingerprint density at radius 1 is 0.905 bits per heavy atom. The zero-order valence-electron chi connectivity index (χ0n) is 13.0. The highest BCUT2D eigenvalue weighted by Gasteiger charge is 2.05. The van der Waals surface area contributed by atoms with Gasteiger partial charge in [-0.15, -0.1) is 0 Å². The molecule has 0 unspecified atom stereocenters. The van der Waals surface area contributed by atoms with Gasteiger partial charge in [-0.3, -0.25) is 0 Å². The van der Waals surface area contributed by atoms with Crippen molar-refractivity contribution in [1.29, 1.82) is 0 Å². The van der Waals surface area contributed by atoms with Crippen LogP contribution >= 0.6 is 0 Å². The molecule has 0 aliphatic rings. The highest BCUT2D eigenvalue weighted by atomic mass is 16.5. The van der Waals surface area contributed by atoms with E-state index in [0.29, 0.717) is 0 Å². The monoisotopic (exact) mass is 287 g/mol. The quantitative estimate of drug-likeness (QED) is 0.712. The van der Waals surface area contributed by atoms with Gasteiger partial charge in [-0.1, -0.05) is 30.3 Å². The number of rotatable bonds is 9. The van der Waals surface area contributed by atoms with Crippen molar-refractivity contribution < 1.29 is 9.47 Å². The summed E-state index contributed by atoms with van der Waals surface area (Å²) >= 11 is 0. The van der Waals surface area contributed by atoms with Gasteiger partial charge in [0.25, 0.3) is 0 Å². The second-order valence-corrected chi connectivity index (χ2v) is 5.20. The zero-order valence-corrected chi connectivity index (χ0v) is 13.0. The lowest BCUT2D eigenvalue weighted by atomic mass is 10.0. The van der Waals surface area contributed by atoms with E-state index in [1.165, 1.54) is 29.2 Å². The fraction of sp³-hybridized carbons (Fsp3) is 0.444. The minimum absolute atomic E-state index is 0.864. The first kappa shape index (κ1) is 15.8. The van der Waals surface area contributed by atoms with Gasteiger partial charge in [-0.2, -0.15) is 0 Å². The van der Waals surface area contributed by atoms with E-state index in [2.05, 4.69) is 41.7 Å². The van der Waals surface area contributed by atoms with E-state index in [-0.39, 0.29) is 0 Å². The average Bonchev–Trinajstić information content (AvgIpc) is 2.54.